The van der Waals surface area contributed by atoms with Crippen molar-refractivity contribution in [3.05, 3.63) is 0 Å². The summed E-state index contributed by atoms with van der Waals surface area (Å²) in [5.41, 5.74) is 0. The topological polar surface area (TPSA) is 117 Å². The molecule has 0 spiro atoms. The molecule has 0 unspecified atom stereocenters. The Morgan fingerprint density at radius 3 is 0.600 bits per heavy atom. The first kappa shape index (κ1) is 740. The Balaban J connectivity index is 0. The van der Waals surface area contributed by atoms with Crippen molar-refractivity contribution in [3.8, 4) is 0 Å². The molecular weight excluding hydrogens is 116 g/mol. The third-order valence-electron chi connectivity index (χ3n) is 0. The van der Waals surface area contributed by atoms with Crippen LogP contribution >= 0.6 is 0 Å². The second kappa shape index (κ2) is 358. The maximum atomic E-state index is 0. The van der Waals surface area contributed by atoms with Gasteiger partial charge in [-0.25, -0.2) is 0 Å². The minimum Gasteiger partial charge on any atom is -2.00 e. The van der Waals surface area contributed by atoms with Crippen molar-refractivity contribution < 1.29 is 39.3 Å². The maximum absolute atomic E-state index is 0. The van der Waals surface area contributed by atoms with Gasteiger partial charge >= 0.3 is 17.4 Å². The molecule has 0 radical (unpaired) electrons. The fourth-order valence-corrected chi connectivity index (χ4v) is 0. The molecular formula is H2CrO4. The standard InChI is InChI=1S/Cr.H2O.3O/h;1H2;;;/q+6;;3*-2. The fraction of sp³-hybridized carbons (Fsp3) is 0. The van der Waals surface area contributed by atoms with Gasteiger partial charge in [-0.05, 0) is 0 Å². The van der Waals surface area contributed by atoms with Crippen LogP contribution in [-0.2, 0) is 33.8 Å². The average Bonchev–Trinajstić information content (AvgIpc) is 0. The summed E-state index contributed by atoms with van der Waals surface area (Å²) in [5.74, 6) is 0. The molecule has 0 aromatic carbocycles. The van der Waals surface area contributed by atoms with Crippen molar-refractivity contribution >= 4 is 0 Å². The molecule has 5 heavy (non-hydrogen) atoms. The maximum Gasteiger partial charge on any atom is 6.00 e. The van der Waals surface area contributed by atoms with E-state index in [-0.39, 0.29) is 39.3 Å². The van der Waals surface area contributed by atoms with E-state index in [0.717, 1.165) is 0 Å². The molecule has 0 bridgehead atoms. The van der Waals surface area contributed by atoms with E-state index in [2.05, 4.69) is 0 Å². The van der Waals surface area contributed by atoms with Crippen LogP contribution in [-0.4, -0.2) is 5.48 Å². The average molecular weight is 118 g/mol. The van der Waals surface area contributed by atoms with Gasteiger partial charge in [0.1, 0.15) is 0 Å². The molecule has 0 saturated carbocycles. The molecule has 0 rings (SSSR count). The van der Waals surface area contributed by atoms with Crippen LogP contribution < -0.4 is 0 Å². The van der Waals surface area contributed by atoms with E-state index in [1.165, 1.54) is 0 Å². The van der Waals surface area contributed by atoms with E-state index in [4.69, 9.17) is 0 Å². The summed E-state index contributed by atoms with van der Waals surface area (Å²) in [6.07, 6.45) is 0. The summed E-state index contributed by atoms with van der Waals surface area (Å²) < 4.78 is 0. The third-order valence-corrected chi connectivity index (χ3v) is 0. The van der Waals surface area contributed by atoms with Crippen molar-refractivity contribution in [1.29, 1.82) is 0 Å². The van der Waals surface area contributed by atoms with Gasteiger partial charge in [-0.15, -0.1) is 0 Å². The second-order valence-corrected chi connectivity index (χ2v) is 0. The largest absolute Gasteiger partial charge is 6.00 e. The van der Waals surface area contributed by atoms with Crippen LogP contribution in [0.2, 0.25) is 0 Å². The van der Waals surface area contributed by atoms with E-state index >= 15 is 0 Å². The van der Waals surface area contributed by atoms with Gasteiger partial charge in [0.2, 0.25) is 0 Å². The van der Waals surface area contributed by atoms with Crippen LogP contribution in [0, 0.1) is 0 Å². The van der Waals surface area contributed by atoms with Gasteiger partial charge in [0, 0.05) is 0 Å². The first-order valence-corrected chi connectivity index (χ1v) is 0. The molecule has 0 aromatic rings. The molecule has 32 valence electrons. The molecule has 0 aliphatic carbocycles. The van der Waals surface area contributed by atoms with Crippen molar-refractivity contribution in [1.82, 2.24) is 0 Å². The third kappa shape index (κ3) is 177. The zero-order valence-corrected chi connectivity index (χ0v) is 3.41. The monoisotopic (exact) mass is 118 g/mol. The quantitative estimate of drug-likeness (QED) is 0.380. The van der Waals surface area contributed by atoms with Crippen LogP contribution in [0.4, 0.5) is 0 Å². The van der Waals surface area contributed by atoms with Gasteiger partial charge in [0.05, 0.1) is 0 Å². The summed E-state index contributed by atoms with van der Waals surface area (Å²) in [5, 5.41) is 0. The van der Waals surface area contributed by atoms with Crippen molar-refractivity contribution in [2.24, 2.45) is 0 Å². The van der Waals surface area contributed by atoms with E-state index in [0.29, 0.717) is 0 Å². The summed E-state index contributed by atoms with van der Waals surface area (Å²) in [4.78, 5) is 0. The van der Waals surface area contributed by atoms with E-state index in [1.54, 1.807) is 0 Å². The Kier molecular flexibility index (Phi) is 53100. The molecule has 2 N–H and O–H groups in total. The van der Waals surface area contributed by atoms with Crippen molar-refractivity contribution in [2.75, 3.05) is 0 Å². The SMILES string of the molecule is O.[Cr+6].[O-2].[O-2].[O-2]. The van der Waals surface area contributed by atoms with Gasteiger partial charge in [0.25, 0.3) is 0 Å². The van der Waals surface area contributed by atoms with Crippen LogP contribution in [0.1, 0.15) is 0 Å². The molecule has 0 saturated heterocycles. The van der Waals surface area contributed by atoms with E-state index in [1.807, 2.05) is 0 Å². The predicted octanol–water partition coefficient (Wildman–Crippen LogP) is -1.18. The van der Waals surface area contributed by atoms with Crippen LogP contribution in [0.3, 0.4) is 0 Å². The minimum atomic E-state index is 0. The molecule has 0 heterocycles. The van der Waals surface area contributed by atoms with Crippen LogP contribution in [0.15, 0.2) is 0 Å². The number of hydrogen-bond acceptors (Lipinski definition) is 0. The zero-order chi connectivity index (χ0) is 0. The van der Waals surface area contributed by atoms with Crippen molar-refractivity contribution in [3.63, 3.8) is 0 Å². The van der Waals surface area contributed by atoms with Crippen LogP contribution in [0.5, 0.6) is 0 Å². The van der Waals surface area contributed by atoms with E-state index < -0.39 is 0 Å². The molecule has 5 heteroatoms. The first-order chi connectivity index (χ1) is 0. The van der Waals surface area contributed by atoms with Gasteiger partial charge in [0.15, 0.2) is 0 Å². The smallest absolute Gasteiger partial charge is 2.00 e. The van der Waals surface area contributed by atoms with Gasteiger partial charge in [-0.1, -0.05) is 0 Å². The van der Waals surface area contributed by atoms with E-state index in [9.17, 15) is 0 Å². The van der Waals surface area contributed by atoms with Crippen molar-refractivity contribution in [2.45, 2.75) is 0 Å². The zero-order valence-electron chi connectivity index (χ0n) is 2.13. The Labute approximate surface area is 40.2 Å². The summed E-state index contributed by atoms with van der Waals surface area (Å²) in [6, 6.07) is 0. The Hall–Kier alpha value is 0.372. The van der Waals surface area contributed by atoms with Gasteiger partial charge in [-0.3, -0.25) is 0 Å². The number of hydrogen-bond donors (Lipinski definition) is 0. The molecule has 0 fully saturated rings. The predicted molar refractivity (Wildman–Crippen MR) is 5.67 cm³/mol. The summed E-state index contributed by atoms with van der Waals surface area (Å²) >= 11 is 0. The second-order valence-electron chi connectivity index (χ2n) is 0. The van der Waals surface area contributed by atoms with Crippen LogP contribution in [0.25, 0.3) is 0 Å². The summed E-state index contributed by atoms with van der Waals surface area (Å²) in [6.45, 7) is 0. The molecule has 4 nitrogen and oxygen atoms in total. The molecule has 0 aliphatic heterocycles. The van der Waals surface area contributed by atoms with Gasteiger partial charge < -0.3 is 21.9 Å². The van der Waals surface area contributed by atoms with Gasteiger partial charge in [-0.2, -0.15) is 0 Å². The molecule has 0 aliphatic rings. The Bertz CT molecular complexity index is 3.61. The normalized spacial score (nSPS) is 0. The first-order valence-electron chi connectivity index (χ1n) is 0. The molecule has 0 aromatic heterocycles. The minimum absolute atomic E-state index is 0. The fourth-order valence-electron chi connectivity index (χ4n) is 0. The number of rotatable bonds is 0. The Morgan fingerprint density at radius 2 is 0.600 bits per heavy atom. The molecule has 0 atom stereocenters. The molecule has 0 amide bonds. The summed E-state index contributed by atoms with van der Waals surface area (Å²) in [7, 11) is 0. The Morgan fingerprint density at radius 1 is 0.600 bits per heavy atom.